The van der Waals surface area contributed by atoms with Crippen molar-refractivity contribution in [1.29, 1.82) is 0 Å². The molecular weight excluding hydrogens is 405 g/mol. The summed E-state index contributed by atoms with van der Waals surface area (Å²) in [5.41, 5.74) is -0.999. The van der Waals surface area contributed by atoms with E-state index in [0.29, 0.717) is 13.2 Å². The van der Waals surface area contributed by atoms with Gasteiger partial charge in [0.25, 0.3) is 5.91 Å². The lowest BCUT2D eigenvalue weighted by atomic mass is 9.94. The Morgan fingerprint density at radius 2 is 2.17 bits per heavy atom. The SMILES string of the molecule is O=C1CC2CN(C(=O)C(O)COC[C@H]3CCN3)CCN2c2ncc(C(F)(F)F)cc21. The van der Waals surface area contributed by atoms with Gasteiger partial charge in [-0.2, -0.15) is 13.2 Å². The molecule has 8 nitrogen and oxygen atoms in total. The number of aromatic nitrogens is 1. The van der Waals surface area contributed by atoms with E-state index in [1.54, 1.807) is 4.90 Å². The van der Waals surface area contributed by atoms with E-state index in [9.17, 15) is 27.9 Å². The number of fused-ring (bicyclic) bond motifs is 3. The first-order valence-electron chi connectivity index (χ1n) is 9.89. The van der Waals surface area contributed by atoms with Gasteiger partial charge < -0.3 is 25.0 Å². The molecule has 1 aromatic rings. The number of anilines is 1. The number of nitrogens with one attached hydrogen (secondary N) is 1. The third-order valence-corrected chi connectivity index (χ3v) is 5.79. The van der Waals surface area contributed by atoms with Crippen LogP contribution in [0.25, 0.3) is 0 Å². The molecule has 11 heteroatoms. The van der Waals surface area contributed by atoms with Crippen LogP contribution >= 0.6 is 0 Å². The maximum absolute atomic E-state index is 12.9. The highest BCUT2D eigenvalue weighted by atomic mass is 19.4. The molecule has 0 aromatic carbocycles. The number of carbonyl (C=O) groups excluding carboxylic acids is 2. The van der Waals surface area contributed by atoms with Gasteiger partial charge >= 0.3 is 6.18 Å². The Hall–Kier alpha value is -2.24. The van der Waals surface area contributed by atoms with Crippen molar-refractivity contribution in [3.05, 3.63) is 23.4 Å². The zero-order valence-corrected chi connectivity index (χ0v) is 16.2. The van der Waals surface area contributed by atoms with Crippen LogP contribution in [0.1, 0.15) is 28.8 Å². The van der Waals surface area contributed by atoms with Crippen LogP contribution in [-0.2, 0) is 15.7 Å². The predicted molar refractivity (Wildman–Crippen MR) is 99.1 cm³/mol. The van der Waals surface area contributed by atoms with Crippen molar-refractivity contribution in [2.45, 2.75) is 37.2 Å². The Morgan fingerprint density at radius 3 is 2.83 bits per heavy atom. The number of amides is 1. The standard InChI is InChI=1S/C19H23F3N4O4/c20-19(21,22)11-5-14-15(27)6-13-8-25(3-4-26(13)17(14)24-7-11)18(29)16(28)10-30-9-12-1-2-23-12/h5,7,12-13,16,23,28H,1-4,6,8-10H2/t12-,13?,16?/m1/s1. The summed E-state index contributed by atoms with van der Waals surface area (Å²) >= 11 is 0. The van der Waals surface area contributed by atoms with Gasteiger partial charge in [0.05, 0.1) is 30.4 Å². The topological polar surface area (TPSA) is 95.0 Å². The Bertz CT molecular complexity index is 830. The molecule has 3 aliphatic heterocycles. The number of aliphatic hydroxyl groups excluding tert-OH is 1. The average molecular weight is 428 g/mol. The summed E-state index contributed by atoms with van der Waals surface area (Å²) in [7, 11) is 0. The van der Waals surface area contributed by atoms with E-state index in [4.69, 9.17) is 4.74 Å². The Morgan fingerprint density at radius 1 is 1.40 bits per heavy atom. The largest absolute Gasteiger partial charge is 0.417 e. The third-order valence-electron chi connectivity index (χ3n) is 5.79. The molecule has 0 spiro atoms. The van der Waals surface area contributed by atoms with Crippen molar-refractivity contribution in [3.63, 3.8) is 0 Å². The van der Waals surface area contributed by atoms with Gasteiger partial charge in [-0.05, 0) is 19.0 Å². The molecule has 3 atom stereocenters. The average Bonchev–Trinajstić information content (AvgIpc) is 2.67. The van der Waals surface area contributed by atoms with Crippen LogP contribution < -0.4 is 10.2 Å². The molecule has 2 N–H and O–H groups in total. The van der Waals surface area contributed by atoms with Gasteiger partial charge in [0.1, 0.15) is 5.82 Å². The van der Waals surface area contributed by atoms with Crippen LogP contribution in [-0.4, -0.2) is 84.3 Å². The van der Waals surface area contributed by atoms with Gasteiger partial charge in [-0.15, -0.1) is 0 Å². The van der Waals surface area contributed by atoms with Crippen LogP contribution in [0.5, 0.6) is 0 Å². The Kier molecular flexibility index (Phi) is 5.69. The van der Waals surface area contributed by atoms with E-state index in [2.05, 4.69) is 10.3 Å². The number of hydrogen-bond acceptors (Lipinski definition) is 7. The molecule has 30 heavy (non-hydrogen) atoms. The van der Waals surface area contributed by atoms with Crippen molar-refractivity contribution < 1.29 is 32.6 Å². The Balaban J connectivity index is 1.39. The number of carbonyl (C=O) groups is 2. The molecule has 1 aromatic heterocycles. The van der Waals surface area contributed by atoms with Gasteiger partial charge in [0.2, 0.25) is 0 Å². The van der Waals surface area contributed by atoms with E-state index in [0.717, 1.165) is 25.2 Å². The number of pyridine rings is 1. The van der Waals surface area contributed by atoms with E-state index in [1.165, 1.54) is 4.90 Å². The van der Waals surface area contributed by atoms with Gasteiger partial charge in [-0.3, -0.25) is 9.59 Å². The Labute approximate surface area is 171 Å². The summed E-state index contributed by atoms with van der Waals surface area (Å²) in [6.07, 6.45) is -4.15. The van der Waals surface area contributed by atoms with Crippen molar-refractivity contribution in [2.24, 2.45) is 0 Å². The smallest absolute Gasteiger partial charge is 0.381 e. The summed E-state index contributed by atoms with van der Waals surface area (Å²) in [4.78, 5) is 32.1. The van der Waals surface area contributed by atoms with Crippen molar-refractivity contribution in [2.75, 3.05) is 44.3 Å². The molecule has 2 unspecified atom stereocenters. The number of ether oxygens (including phenoxy) is 1. The maximum atomic E-state index is 12.9. The number of nitrogens with zero attached hydrogens (tertiary/aromatic N) is 3. The van der Waals surface area contributed by atoms with Gasteiger partial charge in [0, 0.05) is 38.3 Å². The fraction of sp³-hybridized carbons (Fsp3) is 0.632. The number of rotatable bonds is 5. The second kappa shape index (κ2) is 8.12. The molecule has 4 heterocycles. The summed E-state index contributed by atoms with van der Waals surface area (Å²) in [5, 5.41) is 13.3. The highest BCUT2D eigenvalue weighted by molar-refractivity contribution is 6.03. The van der Waals surface area contributed by atoms with E-state index in [1.807, 2.05) is 0 Å². The number of hydrogen-bond donors (Lipinski definition) is 2. The fourth-order valence-corrected chi connectivity index (χ4v) is 3.97. The van der Waals surface area contributed by atoms with Crippen LogP contribution in [0.3, 0.4) is 0 Å². The maximum Gasteiger partial charge on any atom is 0.417 e. The monoisotopic (exact) mass is 428 g/mol. The molecule has 4 rings (SSSR count). The number of piperazine rings is 1. The molecule has 2 saturated heterocycles. The van der Waals surface area contributed by atoms with Crippen molar-refractivity contribution in [1.82, 2.24) is 15.2 Å². The summed E-state index contributed by atoms with van der Waals surface area (Å²) in [6, 6.07) is 0.713. The van der Waals surface area contributed by atoms with Crippen LogP contribution in [0.4, 0.5) is 19.0 Å². The van der Waals surface area contributed by atoms with Crippen LogP contribution in [0.2, 0.25) is 0 Å². The highest BCUT2D eigenvalue weighted by Gasteiger charge is 2.40. The molecule has 0 bridgehead atoms. The first kappa shape index (κ1) is 21.0. The van der Waals surface area contributed by atoms with E-state index in [-0.39, 0.29) is 49.6 Å². The lowest BCUT2D eigenvalue weighted by molar-refractivity contribution is -0.144. The van der Waals surface area contributed by atoms with Gasteiger partial charge in [0.15, 0.2) is 11.9 Å². The van der Waals surface area contributed by atoms with E-state index < -0.39 is 29.5 Å². The number of aliphatic hydroxyl groups is 1. The molecule has 0 saturated carbocycles. The number of Topliss-reactive ketones (excluding diaryl/α,β-unsaturated/α-hetero) is 1. The zero-order valence-electron chi connectivity index (χ0n) is 16.2. The number of ketones is 1. The van der Waals surface area contributed by atoms with Crippen LogP contribution in [0.15, 0.2) is 12.3 Å². The lowest BCUT2D eigenvalue weighted by Crippen LogP contribution is -2.59. The second-order valence-electron chi connectivity index (χ2n) is 7.84. The van der Waals surface area contributed by atoms with Gasteiger partial charge in [-0.25, -0.2) is 4.98 Å². The second-order valence-corrected chi connectivity index (χ2v) is 7.84. The minimum atomic E-state index is -4.57. The third kappa shape index (κ3) is 4.14. The normalized spacial score (nSPS) is 24.7. The molecule has 0 radical (unpaired) electrons. The van der Waals surface area contributed by atoms with Gasteiger partial charge in [-0.1, -0.05) is 0 Å². The summed E-state index contributed by atoms with van der Waals surface area (Å²) in [5.74, 6) is -0.695. The van der Waals surface area contributed by atoms with Crippen molar-refractivity contribution >= 4 is 17.5 Å². The molecule has 0 aliphatic carbocycles. The predicted octanol–water partition coefficient (Wildman–Crippen LogP) is 0.443. The highest BCUT2D eigenvalue weighted by Crippen LogP contribution is 2.36. The fourth-order valence-electron chi connectivity index (χ4n) is 3.97. The summed E-state index contributed by atoms with van der Waals surface area (Å²) < 4.78 is 44.2. The molecular formula is C19H23F3N4O4. The quantitative estimate of drug-likeness (QED) is 0.703. The number of alkyl halides is 3. The summed E-state index contributed by atoms with van der Waals surface area (Å²) in [6.45, 7) is 2.04. The first-order chi connectivity index (χ1) is 14.2. The lowest BCUT2D eigenvalue weighted by Gasteiger charge is -2.45. The molecule has 3 aliphatic rings. The van der Waals surface area contributed by atoms with E-state index >= 15 is 0 Å². The molecule has 2 fully saturated rings. The first-order valence-corrected chi connectivity index (χ1v) is 9.89. The van der Waals surface area contributed by atoms with Crippen molar-refractivity contribution in [3.8, 4) is 0 Å². The minimum absolute atomic E-state index is 0.0142. The molecule has 164 valence electrons. The minimum Gasteiger partial charge on any atom is -0.381 e. The number of halogens is 3. The van der Waals surface area contributed by atoms with Crippen LogP contribution in [0, 0.1) is 0 Å². The molecule has 1 amide bonds. The zero-order chi connectivity index (χ0) is 21.5.